The van der Waals surface area contributed by atoms with Gasteiger partial charge in [0, 0.05) is 16.3 Å². The molecule has 0 aliphatic rings. The van der Waals surface area contributed by atoms with Gasteiger partial charge in [-0.05, 0) is 44.9 Å². The average molecular weight is 338 g/mol. The molecule has 20 heavy (non-hydrogen) atoms. The number of benzene rings is 1. The molecule has 0 aliphatic heterocycles. The van der Waals surface area contributed by atoms with Gasteiger partial charge < -0.3 is 9.73 Å². The lowest BCUT2D eigenvalue weighted by Crippen LogP contribution is -2.45. The number of aryl methyl sites for hydroxylation is 1. The van der Waals surface area contributed by atoms with Crippen molar-refractivity contribution in [2.24, 2.45) is 0 Å². The molecule has 1 unspecified atom stereocenters. The molecule has 3 nitrogen and oxygen atoms in total. The van der Waals surface area contributed by atoms with Gasteiger partial charge in [-0.2, -0.15) is 0 Å². The lowest BCUT2D eigenvalue weighted by Gasteiger charge is -2.28. The summed E-state index contributed by atoms with van der Waals surface area (Å²) in [5, 5.41) is 4.90. The minimum atomic E-state index is -0.213. The maximum absolute atomic E-state index is 12.3. The largest absolute Gasteiger partial charge is 0.451 e. The Balaban J connectivity index is 2.22. The lowest BCUT2D eigenvalue weighted by molar-refractivity contribution is 0.0875. The van der Waals surface area contributed by atoms with Gasteiger partial charge in [0.1, 0.15) is 5.58 Å². The standard InChI is InChI=1S/C16H20BrNO2/c1-4-16(3,7-8-17)18-15(19)14-10-12-9-11(2)5-6-13(12)20-14/h5-6,9-10H,4,7-8H2,1-3H3,(H,18,19). The van der Waals surface area contributed by atoms with Crippen LogP contribution in [0, 0.1) is 6.92 Å². The van der Waals surface area contributed by atoms with E-state index < -0.39 is 0 Å². The second-order valence-corrected chi connectivity index (χ2v) is 6.25. The summed E-state index contributed by atoms with van der Waals surface area (Å²) in [6.45, 7) is 6.15. The Kier molecular flexibility index (Phi) is 4.53. The van der Waals surface area contributed by atoms with Gasteiger partial charge in [-0.1, -0.05) is 34.5 Å². The number of halogens is 1. The van der Waals surface area contributed by atoms with Gasteiger partial charge in [-0.25, -0.2) is 0 Å². The van der Waals surface area contributed by atoms with Crippen molar-refractivity contribution in [2.75, 3.05) is 5.33 Å². The van der Waals surface area contributed by atoms with E-state index in [2.05, 4.69) is 35.1 Å². The van der Waals surface area contributed by atoms with Crippen LogP contribution in [0.15, 0.2) is 28.7 Å². The van der Waals surface area contributed by atoms with Crippen molar-refractivity contribution in [3.05, 3.63) is 35.6 Å². The Morgan fingerprint density at radius 2 is 2.15 bits per heavy atom. The number of fused-ring (bicyclic) bond motifs is 1. The van der Waals surface area contributed by atoms with Gasteiger partial charge in [-0.3, -0.25) is 4.79 Å². The first-order valence-corrected chi connectivity index (χ1v) is 7.98. The molecule has 108 valence electrons. The number of hydrogen-bond donors (Lipinski definition) is 1. The first-order chi connectivity index (χ1) is 9.47. The minimum absolute atomic E-state index is 0.149. The van der Waals surface area contributed by atoms with Crippen LogP contribution in [0.25, 0.3) is 11.0 Å². The van der Waals surface area contributed by atoms with E-state index in [-0.39, 0.29) is 11.4 Å². The lowest BCUT2D eigenvalue weighted by atomic mass is 9.95. The number of furan rings is 1. The predicted octanol–water partition coefficient (Wildman–Crippen LogP) is 4.42. The zero-order valence-electron chi connectivity index (χ0n) is 12.1. The third-order valence-electron chi connectivity index (χ3n) is 3.74. The summed E-state index contributed by atoms with van der Waals surface area (Å²) < 4.78 is 5.63. The summed E-state index contributed by atoms with van der Waals surface area (Å²) >= 11 is 3.43. The van der Waals surface area contributed by atoms with Crippen LogP contribution >= 0.6 is 15.9 Å². The first kappa shape index (κ1) is 15.1. The maximum Gasteiger partial charge on any atom is 0.287 e. The molecule has 0 fully saturated rings. The molecule has 1 amide bonds. The monoisotopic (exact) mass is 337 g/mol. The van der Waals surface area contributed by atoms with Crippen molar-refractivity contribution in [1.29, 1.82) is 0 Å². The molecule has 2 rings (SSSR count). The molecule has 1 heterocycles. The summed E-state index contributed by atoms with van der Waals surface area (Å²) in [6.07, 6.45) is 1.76. The third kappa shape index (κ3) is 3.23. The van der Waals surface area contributed by atoms with E-state index in [4.69, 9.17) is 4.42 Å². The molecule has 0 radical (unpaired) electrons. The fourth-order valence-corrected chi connectivity index (χ4v) is 3.02. The van der Waals surface area contributed by atoms with Gasteiger partial charge in [0.2, 0.25) is 0 Å². The Morgan fingerprint density at radius 1 is 1.40 bits per heavy atom. The van der Waals surface area contributed by atoms with Gasteiger partial charge >= 0.3 is 0 Å². The molecular formula is C16H20BrNO2. The van der Waals surface area contributed by atoms with Crippen LogP contribution in [0.2, 0.25) is 0 Å². The Morgan fingerprint density at radius 3 is 2.80 bits per heavy atom. The highest BCUT2D eigenvalue weighted by Gasteiger charge is 2.25. The van der Waals surface area contributed by atoms with Crippen LogP contribution in [-0.4, -0.2) is 16.8 Å². The SMILES string of the molecule is CCC(C)(CCBr)NC(=O)c1cc2cc(C)ccc2o1. The van der Waals surface area contributed by atoms with Crippen LogP contribution in [0.1, 0.15) is 42.8 Å². The van der Waals surface area contributed by atoms with E-state index in [1.54, 1.807) is 0 Å². The van der Waals surface area contributed by atoms with Gasteiger partial charge in [0.15, 0.2) is 5.76 Å². The Hall–Kier alpha value is -1.29. The number of carbonyl (C=O) groups excluding carboxylic acids is 1. The first-order valence-electron chi connectivity index (χ1n) is 6.86. The minimum Gasteiger partial charge on any atom is -0.451 e. The fourth-order valence-electron chi connectivity index (χ4n) is 2.15. The zero-order chi connectivity index (χ0) is 14.8. The average Bonchev–Trinajstić information content (AvgIpc) is 2.82. The van der Waals surface area contributed by atoms with Gasteiger partial charge in [0.05, 0.1) is 0 Å². The van der Waals surface area contributed by atoms with Crippen LogP contribution in [0.4, 0.5) is 0 Å². The highest BCUT2D eigenvalue weighted by Crippen LogP contribution is 2.22. The summed E-state index contributed by atoms with van der Waals surface area (Å²) in [5.74, 6) is 0.226. The molecule has 0 spiro atoms. The van der Waals surface area contributed by atoms with Crippen molar-refractivity contribution in [1.82, 2.24) is 5.32 Å². The number of carbonyl (C=O) groups is 1. The molecular weight excluding hydrogens is 318 g/mol. The van der Waals surface area contributed by atoms with Crippen molar-refractivity contribution >= 4 is 32.8 Å². The normalized spacial score (nSPS) is 14.2. The summed E-state index contributed by atoms with van der Waals surface area (Å²) in [6, 6.07) is 7.71. The van der Waals surface area contributed by atoms with Crippen LogP contribution in [0.5, 0.6) is 0 Å². The molecule has 4 heteroatoms. The van der Waals surface area contributed by atoms with E-state index in [0.717, 1.165) is 34.7 Å². The molecule has 0 bridgehead atoms. The number of rotatable bonds is 5. The molecule has 2 aromatic rings. The highest BCUT2D eigenvalue weighted by atomic mass is 79.9. The predicted molar refractivity (Wildman–Crippen MR) is 85.5 cm³/mol. The molecule has 1 atom stereocenters. The summed E-state index contributed by atoms with van der Waals surface area (Å²) in [7, 11) is 0. The van der Waals surface area contributed by atoms with E-state index in [1.165, 1.54) is 0 Å². The molecule has 1 aromatic heterocycles. The fraction of sp³-hybridized carbons (Fsp3) is 0.438. The second kappa shape index (κ2) is 6.00. The van der Waals surface area contributed by atoms with Crippen molar-refractivity contribution in [3.8, 4) is 0 Å². The second-order valence-electron chi connectivity index (χ2n) is 5.46. The number of alkyl halides is 1. The van der Waals surface area contributed by atoms with Crippen LogP contribution in [0.3, 0.4) is 0 Å². The van der Waals surface area contributed by atoms with Crippen LogP contribution < -0.4 is 5.32 Å². The third-order valence-corrected chi connectivity index (χ3v) is 4.13. The number of nitrogens with one attached hydrogen (secondary N) is 1. The van der Waals surface area contributed by atoms with E-state index in [0.29, 0.717) is 5.76 Å². The maximum atomic E-state index is 12.3. The smallest absolute Gasteiger partial charge is 0.287 e. The van der Waals surface area contributed by atoms with E-state index in [9.17, 15) is 4.79 Å². The summed E-state index contributed by atoms with van der Waals surface area (Å²) in [5.41, 5.74) is 1.69. The number of hydrogen-bond acceptors (Lipinski definition) is 2. The van der Waals surface area contributed by atoms with E-state index >= 15 is 0 Å². The number of amides is 1. The zero-order valence-corrected chi connectivity index (χ0v) is 13.7. The van der Waals surface area contributed by atoms with Crippen molar-refractivity contribution < 1.29 is 9.21 Å². The van der Waals surface area contributed by atoms with E-state index in [1.807, 2.05) is 31.2 Å². The van der Waals surface area contributed by atoms with Gasteiger partial charge in [0.25, 0.3) is 5.91 Å². The topological polar surface area (TPSA) is 42.2 Å². The van der Waals surface area contributed by atoms with Crippen molar-refractivity contribution in [3.63, 3.8) is 0 Å². The molecule has 0 saturated carbocycles. The molecule has 1 aromatic carbocycles. The Bertz CT molecular complexity index is 620. The van der Waals surface area contributed by atoms with Gasteiger partial charge in [-0.15, -0.1) is 0 Å². The summed E-state index contributed by atoms with van der Waals surface area (Å²) in [4.78, 5) is 12.3. The highest BCUT2D eigenvalue weighted by molar-refractivity contribution is 9.09. The van der Waals surface area contributed by atoms with Crippen LogP contribution in [-0.2, 0) is 0 Å². The molecule has 0 saturated heterocycles. The van der Waals surface area contributed by atoms with Crippen molar-refractivity contribution in [2.45, 2.75) is 39.2 Å². The Labute approximate surface area is 127 Å². The molecule has 1 N–H and O–H groups in total. The quantitative estimate of drug-likeness (QED) is 0.820. The molecule has 0 aliphatic carbocycles.